The molecule has 11 heteroatoms. The molecule has 1 aliphatic rings. The average Bonchev–Trinajstić information content (AvgIpc) is 2.83. The van der Waals surface area contributed by atoms with Gasteiger partial charge >= 0.3 is 5.97 Å². The van der Waals surface area contributed by atoms with E-state index in [1.54, 1.807) is 19.1 Å². The first-order chi connectivity index (χ1) is 16.1. The Hall–Kier alpha value is -3.47. The molecule has 3 rings (SSSR count). The zero-order chi connectivity index (χ0) is 24.9. The number of amides is 1. The van der Waals surface area contributed by atoms with Gasteiger partial charge in [0.2, 0.25) is 5.91 Å². The van der Waals surface area contributed by atoms with E-state index in [4.69, 9.17) is 4.74 Å². The molecule has 10 nitrogen and oxygen atoms in total. The van der Waals surface area contributed by atoms with Gasteiger partial charge in [-0.15, -0.1) is 0 Å². The number of nitro benzene ring substituents is 1. The van der Waals surface area contributed by atoms with Crippen molar-refractivity contribution in [1.82, 2.24) is 4.90 Å². The second-order valence-corrected chi connectivity index (χ2v) is 9.87. The monoisotopic (exact) mass is 489 g/mol. The summed E-state index contributed by atoms with van der Waals surface area (Å²) in [7, 11) is -4.19. The Bertz CT molecular complexity index is 1160. The number of rotatable bonds is 8. The minimum atomic E-state index is -4.19. The smallest absolute Gasteiger partial charge is 0.309 e. The van der Waals surface area contributed by atoms with Gasteiger partial charge in [-0.3, -0.25) is 24.0 Å². The quantitative estimate of drug-likeness (QED) is 0.317. The standard InChI is InChI=1S/C23H27N3O7S/c1-3-33-23(28)18-11-13-24(14-12-18)22(27)16-25(19-5-4-6-20(15-19)26(29)30)34(31,32)21-9-7-17(2)8-10-21/h4-10,15,18H,3,11-14,16H2,1-2H3. The summed E-state index contributed by atoms with van der Waals surface area (Å²) < 4.78 is 32.9. The summed E-state index contributed by atoms with van der Waals surface area (Å²) >= 11 is 0. The highest BCUT2D eigenvalue weighted by molar-refractivity contribution is 7.92. The van der Waals surface area contributed by atoms with Gasteiger partial charge < -0.3 is 9.64 Å². The molecule has 1 aliphatic heterocycles. The third kappa shape index (κ3) is 5.71. The average molecular weight is 490 g/mol. The van der Waals surface area contributed by atoms with Crippen LogP contribution in [0.3, 0.4) is 0 Å². The molecule has 1 heterocycles. The Morgan fingerprint density at radius 2 is 1.79 bits per heavy atom. The van der Waals surface area contributed by atoms with E-state index in [0.717, 1.165) is 15.9 Å². The number of non-ortho nitro benzene ring substituents is 1. The summed E-state index contributed by atoms with van der Waals surface area (Å²) in [4.78, 5) is 37.2. The number of hydrogen-bond acceptors (Lipinski definition) is 7. The van der Waals surface area contributed by atoms with Gasteiger partial charge in [0.25, 0.3) is 15.7 Å². The fourth-order valence-corrected chi connectivity index (χ4v) is 5.17. The molecule has 34 heavy (non-hydrogen) atoms. The fourth-order valence-electron chi connectivity index (χ4n) is 3.76. The summed E-state index contributed by atoms with van der Waals surface area (Å²) in [5, 5.41) is 11.3. The van der Waals surface area contributed by atoms with E-state index in [1.807, 2.05) is 6.92 Å². The van der Waals surface area contributed by atoms with E-state index in [1.165, 1.54) is 35.2 Å². The van der Waals surface area contributed by atoms with Gasteiger partial charge in [-0.1, -0.05) is 23.8 Å². The Kier molecular flexibility index (Phi) is 7.87. The topological polar surface area (TPSA) is 127 Å². The lowest BCUT2D eigenvalue weighted by Gasteiger charge is -2.33. The molecule has 182 valence electrons. The van der Waals surface area contributed by atoms with Crippen molar-refractivity contribution in [1.29, 1.82) is 0 Å². The molecule has 1 amide bonds. The number of ether oxygens (including phenoxy) is 1. The van der Waals surface area contributed by atoms with Crippen molar-refractivity contribution in [3.8, 4) is 0 Å². The first-order valence-corrected chi connectivity index (χ1v) is 12.4. The number of nitrogens with zero attached hydrogens (tertiary/aromatic N) is 3. The third-order valence-electron chi connectivity index (χ3n) is 5.68. The Balaban J connectivity index is 1.87. The normalized spacial score (nSPS) is 14.5. The predicted molar refractivity (Wildman–Crippen MR) is 125 cm³/mol. The van der Waals surface area contributed by atoms with Crippen molar-refractivity contribution < 1.29 is 27.7 Å². The number of carbonyl (C=O) groups excluding carboxylic acids is 2. The number of benzene rings is 2. The van der Waals surface area contributed by atoms with Crippen LogP contribution in [0.1, 0.15) is 25.3 Å². The van der Waals surface area contributed by atoms with Crippen molar-refractivity contribution >= 4 is 33.3 Å². The molecule has 0 saturated carbocycles. The minimum Gasteiger partial charge on any atom is -0.466 e. The van der Waals surface area contributed by atoms with Crippen LogP contribution in [0.5, 0.6) is 0 Å². The summed E-state index contributed by atoms with van der Waals surface area (Å²) in [5.41, 5.74) is 0.593. The first-order valence-electron chi connectivity index (χ1n) is 10.9. The lowest BCUT2D eigenvalue weighted by Crippen LogP contribution is -2.46. The molecule has 0 unspecified atom stereocenters. The van der Waals surface area contributed by atoms with Crippen molar-refractivity contribution in [3.63, 3.8) is 0 Å². The molecular weight excluding hydrogens is 462 g/mol. The van der Waals surface area contributed by atoms with Crippen molar-refractivity contribution in [2.75, 3.05) is 30.5 Å². The van der Waals surface area contributed by atoms with Gasteiger partial charge in [-0.2, -0.15) is 0 Å². The van der Waals surface area contributed by atoms with Crippen molar-refractivity contribution in [2.45, 2.75) is 31.6 Å². The highest BCUT2D eigenvalue weighted by atomic mass is 32.2. The fraction of sp³-hybridized carbons (Fsp3) is 0.391. The van der Waals surface area contributed by atoms with Crippen LogP contribution in [0.2, 0.25) is 0 Å². The van der Waals surface area contributed by atoms with Gasteiger partial charge in [0, 0.05) is 25.2 Å². The van der Waals surface area contributed by atoms with Crippen LogP contribution in [-0.2, 0) is 24.3 Å². The van der Waals surface area contributed by atoms with Crippen LogP contribution in [-0.4, -0.2) is 56.4 Å². The summed E-state index contributed by atoms with van der Waals surface area (Å²) in [6.07, 6.45) is 0.845. The van der Waals surface area contributed by atoms with Crippen LogP contribution in [0, 0.1) is 23.0 Å². The van der Waals surface area contributed by atoms with Crippen LogP contribution in [0.25, 0.3) is 0 Å². The van der Waals surface area contributed by atoms with E-state index >= 15 is 0 Å². The molecule has 1 saturated heterocycles. The number of esters is 1. The summed E-state index contributed by atoms with van der Waals surface area (Å²) in [5.74, 6) is -1.05. The van der Waals surface area contributed by atoms with Gasteiger partial charge in [-0.05, 0) is 44.9 Å². The third-order valence-corrected chi connectivity index (χ3v) is 7.47. The molecule has 1 fully saturated rings. The maximum atomic E-state index is 13.5. The lowest BCUT2D eigenvalue weighted by molar-refractivity contribution is -0.384. The Morgan fingerprint density at radius 1 is 1.15 bits per heavy atom. The summed E-state index contributed by atoms with van der Waals surface area (Å²) in [6.45, 7) is 3.88. The number of hydrogen-bond donors (Lipinski definition) is 0. The number of likely N-dealkylation sites (tertiary alicyclic amines) is 1. The van der Waals surface area contributed by atoms with Crippen molar-refractivity contribution in [2.24, 2.45) is 5.92 Å². The molecule has 0 spiro atoms. The zero-order valence-corrected chi connectivity index (χ0v) is 19.9. The molecule has 0 aromatic heterocycles. The molecule has 0 aliphatic carbocycles. The van der Waals surface area contributed by atoms with Gasteiger partial charge in [0.1, 0.15) is 6.54 Å². The highest BCUT2D eigenvalue weighted by Crippen LogP contribution is 2.28. The summed E-state index contributed by atoms with van der Waals surface area (Å²) in [6, 6.07) is 11.3. The second-order valence-electron chi connectivity index (χ2n) is 8.01. The molecule has 0 N–H and O–H groups in total. The zero-order valence-electron chi connectivity index (χ0n) is 19.0. The van der Waals surface area contributed by atoms with Crippen molar-refractivity contribution in [3.05, 3.63) is 64.2 Å². The van der Waals surface area contributed by atoms with Crippen LogP contribution >= 0.6 is 0 Å². The molecule has 2 aromatic carbocycles. The predicted octanol–water partition coefficient (Wildman–Crippen LogP) is 2.90. The van der Waals surface area contributed by atoms with Gasteiger partial charge in [0.05, 0.1) is 28.0 Å². The van der Waals surface area contributed by atoms with E-state index in [-0.39, 0.29) is 47.9 Å². The maximum absolute atomic E-state index is 13.5. The SMILES string of the molecule is CCOC(=O)C1CCN(C(=O)CN(c2cccc([N+](=O)[O-])c2)S(=O)(=O)c2ccc(C)cc2)CC1. The van der Waals surface area contributed by atoms with Gasteiger partial charge in [0.15, 0.2) is 0 Å². The van der Waals surface area contributed by atoms with Crippen LogP contribution in [0.15, 0.2) is 53.4 Å². The number of anilines is 1. The Morgan fingerprint density at radius 3 is 2.38 bits per heavy atom. The number of nitro groups is 1. The largest absolute Gasteiger partial charge is 0.466 e. The molecule has 0 atom stereocenters. The highest BCUT2D eigenvalue weighted by Gasteiger charge is 2.33. The molecule has 0 bridgehead atoms. The second kappa shape index (κ2) is 10.6. The van der Waals surface area contributed by atoms with Crippen LogP contribution < -0.4 is 4.31 Å². The lowest BCUT2D eigenvalue weighted by atomic mass is 9.97. The number of carbonyl (C=O) groups is 2. The van der Waals surface area contributed by atoms with E-state index in [0.29, 0.717) is 12.8 Å². The molecular formula is C23H27N3O7S. The number of aryl methyl sites for hydroxylation is 1. The first kappa shape index (κ1) is 25.2. The van der Waals surface area contributed by atoms with E-state index < -0.39 is 27.4 Å². The van der Waals surface area contributed by atoms with E-state index in [9.17, 15) is 28.1 Å². The van der Waals surface area contributed by atoms with Crippen LogP contribution in [0.4, 0.5) is 11.4 Å². The number of piperidine rings is 1. The molecule has 0 radical (unpaired) electrons. The molecule has 2 aromatic rings. The minimum absolute atomic E-state index is 0.0181. The Labute approximate surface area is 198 Å². The van der Waals surface area contributed by atoms with Gasteiger partial charge in [-0.25, -0.2) is 8.42 Å². The van der Waals surface area contributed by atoms with E-state index in [2.05, 4.69) is 0 Å². The number of sulfonamides is 1. The maximum Gasteiger partial charge on any atom is 0.309 e.